The van der Waals surface area contributed by atoms with E-state index in [1.165, 1.54) is 11.4 Å². The van der Waals surface area contributed by atoms with Gasteiger partial charge in [0.1, 0.15) is 0 Å². The Morgan fingerprint density at radius 2 is 1.64 bits per heavy atom. The molecule has 11 heteroatoms. The molecule has 2 aliphatic rings. The zero-order chi connectivity index (χ0) is 27.9. The van der Waals surface area contributed by atoms with E-state index in [1.807, 2.05) is 12.1 Å². The summed E-state index contributed by atoms with van der Waals surface area (Å²) in [7, 11) is -1.98. The van der Waals surface area contributed by atoms with Crippen molar-refractivity contribution in [1.82, 2.24) is 4.90 Å². The Hall–Kier alpha value is -4.38. The molecular formula is C28H29N5O5S. The van der Waals surface area contributed by atoms with Crippen molar-refractivity contribution in [3.05, 3.63) is 71.8 Å². The molecule has 0 atom stereocenters. The van der Waals surface area contributed by atoms with Gasteiger partial charge in [-0.3, -0.25) is 18.7 Å². The fraction of sp³-hybridized carbons (Fsp3) is 0.250. The normalized spacial score (nSPS) is 15.3. The fourth-order valence-electron chi connectivity index (χ4n) is 4.96. The van der Waals surface area contributed by atoms with Crippen molar-refractivity contribution in [3.63, 3.8) is 0 Å². The summed E-state index contributed by atoms with van der Waals surface area (Å²) >= 11 is 0. The van der Waals surface area contributed by atoms with Crippen molar-refractivity contribution < 1.29 is 22.8 Å². The van der Waals surface area contributed by atoms with Gasteiger partial charge in [0.15, 0.2) is 0 Å². The van der Waals surface area contributed by atoms with Crippen LogP contribution in [0.25, 0.3) is 11.1 Å². The number of nitrogens with two attached hydrogens (primary N) is 1. The molecule has 10 nitrogen and oxygen atoms in total. The molecule has 1 fully saturated rings. The number of nitrogens with zero attached hydrogens (tertiary/aromatic N) is 2. The molecule has 3 aromatic carbocycles. The van der Waals surface area contributed by atoms with Crippen molar-refractivity contribution in [1.29, 1.82) is 0 Å². The van der Waals surface area contributed by atoms with E-state index in [9.17, 15) is 22.8 Å². The standard InChI is InChI=1S/C28H29N5O5S/c1-32(39(2,37)38)25-6-4-3-5-20(25)18-7-9-21-23(15-18)30-22-10-8-19(16-24(22)31-27(21)35)28(36)33-13-11-17(12-14-33)26(29)34/h3-10,15-17,30H,11-14H2,1-2H3,(H2,29,34)(H,31,35). The van der Waals surface area contributed by atoms with Crippen LogP contribution in [0.3, 0.4) is 0 Å². The SMILES string of the molecule is CN(c1ccccc1-c1ccc2c(c1)Nc1ccc(C(=O)N3CCC(C(N)=O)CC3)cc1NC2=O)S(C)(=O)=O. The number of benzene rings is 3. The second-order valence-corrected chi connectivity index (χ2v) is 11.8. The zero-order valence-electron chi connectivity index (χ0n) is 21.6. The van der Waals surface area contributed by atoms with E-state index in [2.05, 4.69) is 10.6 Å². The van der Waals surface area contributed by atoms with E-state index in [-0.39, 0.29) is 23.6 Å². The van der Waals surface area contributed by atoms with Gasteiger partial charge < -0.3 is 21.3 Å². The van der Waals surface area contributed by atoms with E-state index in [0.29, 0.717) is 65.4 Å². The van der Waals surface area contributed by atoms with Gasteiger partial charge in [0, 0.05) is 37.2 Å². The number of sulfonamides is 1. The van der Waals surface area contributed by atoms with Crippen molar-refractivity contribution >= 4 is 50.5 Å². The van der Waals surface area contributed by atoms with Gasteiger partial charge in [-0.25, -0.2) is 8.42 Å². The van der Waals surface area contributed by atoms with Crippen LogP contribution in [0.4, 0.5) is 22.7 Å². The van der Waals surface area contributed by atoms with Gasteiger partial charge in [-0.2, -0.15) is 0 Å². The Balaban J connectivity index is 1.43. The molecule has 0 spiro atoms. The number of hydrogen-bond donors (Lipinski definition) is 3. The first-order chi connectivity index (χ1) is 18.5. The lowest BCUT2D eigenvalue weighted by Gasteiger charge is -2.30. The predicted octanol–water partition coefficient (Wildman–Crippen LogP) is 3.40. The molecule has 5 rings (SSSR count). The van der Waals surface area contributed by atoms with Crippen LogP contribution >= 0.6 is 0 Å². The van der Waals surface area contributed by atoms with E-state index in [4.69, 9.17) is 5.73 Å². The van der Waals surface area contributed by atoms with Gasteiger partial charge in [0.05, 0.1) is 34.6 Å². The Bertz CT molecular complexity index is 1600. The number of anilines is 4. The summed E-state index contributed by atoms with van der Waals surface area (Å²) in [5.74, 6) is -1.07. The number of amides is 3. The number of likely N-dealkylation sites (tertiary alicyclic amines) is 1. The molecule has 0 aromatic heterocycles. The van der Waals surface area contributed by atoms with Gasteiger partial charge in [0.2, 0.25) is 15.9 Å². The van der Waals surface area contributed by atoms with E-state index in [0.717, 1.165) is 11.8 Å². The summed E-state index contributed by atoms with van der Waals surface area (Å²) in [4.78, 5) is 39.4. The first-order valence-corrected chi connectivity index (χ1v) is 14.4. The molecule has 2 aliphatic heterocycles. The molecule has 3 aromatic rings. The molecule has 0 radical (unpaired) electrons. The topological polar surface area (TPSA) is 142 Å². The molecule has 202 valence electrons. The minimum atomic E-state index is -3.48. The number of primary amides is 1. The minimum Gasteiger partial charge on any atom is -0.369 e. The molecule has 0 aliphatic carbocycles. The molecule has 2 heterocycles. The minimum absolute atomic E-state index is 0.175. The molecular weight excluding hydrogens is 518 g/mol. The summed E-state index contributed by atoms with van der Waals surface area (Å²) in [6.07, 6.45) is 2.21. The maximum absolute atomic E-state index is 13.1. The highest BCUT2D eigenvalue weighted by Crippen LogP contribution is 2.38. The summed E-state index contributed by atoms with van der Waals surface area (Å²) in [5, 5.41) is 6.18. The smallest absolute Gasteiger partial charge is 0.257 e. The molecule has 1 saturated heterocycles. The highest BCUT2D eigenvalue weighted by molar-refractivity contribution is 7.92. The highest BCUT2D eigenvalue weighted by atomic mass is 32.2. The van der Waals surface area contributed by atoms with Gasteiger partial charge in [-0.05, 0) is 54.8 Å². The average molecular weight is 548 g/mol. The molecule has 0 saturated carbocycles. The molecule has 39 heavy (non-hydrogen) atoms. The summed E-state index contributed by atoms with van der Waals surface area (Å²) in [6, 6.07) is 17.5. The lowest BCUT2D eigenvalue weighted by Crippen LogP contribution is -2.41. The Morgan fingerprint density at radius 3 is 2.33 bits per heavy atom. The second kappa shape index (κ2) is 10.1. The first kappa shape index (κ1) is 26.2. The van der Waals surface area contributed by atoms with Crippen LogP contribution < -0.4 is 20.7 Å². The van der Waals surface area contributed by atoms with Gasteiger partial charge >= 0.3 is 0 Å². The van der Waals surface area contributed by atoms with E-state index < -0.39 is 10.0 Å². The van der Waals surface area contributed by atoms with Crippen LogP contribution in [-0.4, -0.2) is 57.4 Å². The highest BCUT2D eigenvalue weighted by Gasteiger charge is 2.28. The van der Waals surface area contributed by atoms with Crippen LogP contribution in [0.5, 0.6) is 0 Å². The van der Waals surface area contributed by atoms with Crippen LogP contribution in [-0.2, 0) is 14.8 Å². The van der Waals surface area contributed by atoms with E-state index >= 15 is 0 Å². The summed E-state index contributed by atoms with van der Waals surface area (Å²) < 4.78 is 25.6. The second-order valence-electron chi connectivity index (χ2n) is 9.82. The van der Waals surface area contributed by atoms with Crippen LogP contribution in [0.2, 0.25) is 0 Å². The first-order valence-electron chi connectivity index (χ1n) is 12.5. The number of fused-ring (bicyclic) bond motifs is 2. The van der Waals surface area contributed by atoms with Gasteiger partial charge in [-0.1, -0.05) is 24.3 Å². The summed E-state index contributed by atoms with van der Waals surface area (Å²) in [5.41, 5.74) is 9.81. The van der Waals surface area contributed by atoms with Crippen molar-refractivity contribution in [2.45, 2.75) is 12.8 Å². The Kier molecular flexibility index (Phi) is 6.77. The number of piperidine rings is 1. The van der Waals surface area contributed by atoms with Gasteiger partial charge in [0.25, 0.3) is 11.8 Å². The van der Waals surface area contributed by atoms with Crippen molar-refractivity contribution in [2.75, 3.05) is 41.3 Å². The fourth-order valence-corrected chi connectivity index (χ4v) is 5.47. The summed E-state index contributed by atoms with van der Waals surface area (Å²) in [6.45, 7) is 0.886. The number of rotatable bonds is 5. The van der Waals surface area contributed by atoms with Crippen LogP contribution in [0.1, 0.15) is 33.6 Å². The third-order valence-corrected chi connectivity index (χ3v) is 8.48. The predicted molar refractivity (Wildman–Crippen MR) is 151 cm³/mol. The molecule has 0 bridgehead atoms. The Morgan fingerprint density at radius 1 is 0.923 bits per heavy atom. The Labute approximate surface area is 226 Å². The van der Waals surface area contributed by atoms with Crippen molar-refractivity contribution in [2.24, 2.45) is 11.7 Å². The number of para-hydroxylation sites is 1. The quantitative estimate of drug-likeness (QED) is 0.447. The third-order valence-electron chi connectivity index (χ3n) is 7.28. The van der Waals surface area contributed by atoms with Gasteiger partial charge in [-0.15, -0.1) is 0 Å². The number of carbonyl (C=O) groups excluding carboxylic acids is 3. The number of hydrogen-bond acceptors (Lipinski definition) is 6. The lowest BCUT2D eigenvalue weighted by molar-refractivity contribution is -0.123. The maximum Gasteiger partial charge on any atom is 0.257 e. The van der Waals surface area contributed by atoms with Crippen molar-refractivity contribution in [3.8, 4) is 11.1 Å². The third kappa shape index (κ3) is 5.17. The van der Waals surface area contributed by atoms with Crippen LogP contribution in [0.15, 0.2) is 60.7 Å². The lowest BCUT2D eigenvalue weighted by atomic mass is 9.96. The number of carbonyl (C=O) groups is 3. The molecule has 3 amide bonds. The monoisotopic (exact) mass is 547 g/mol. The molecule has 4 N–H and O–H groups in total. The maximum atomic E-state index is 13.1. The largest absolute Gasteiger partial charge is 0.369 e. The van der Waals surface area contributed by atoms with E-state index in [1.54, 1.807) is 53.4 Å². The number of nitrogens with one attached hydrogen (secondary N) is 2. The zero-order valence-corrected chi connectivity index (χ0v) is 22.4. The van der Waals surface area contributed by atoms with Crippen LogP contribution in [0, 0.1) is 5.92 Å². The molecule has 0 unspecified atom stereocenters. The average Bonchev–Trinajstić information content (AvgIpc) is 3.06.